The summed E-state index contributed by atoms with van der Waals surface area (Å²) < 4.78 is 25.1. The zero-order valence-electron chi connectivity index (χ0n) is 12.1. The lowest BCUT2D eigenvalue weighted by Crippen LogP contribution is -2.10. The van der Waals surface area contributed by atoms with Crippen LogP contribution in [0.2, 0.25) is 0 Å². The maximum absolute atomic E-state index is 12.0. The molecule has 0 fully saturated rings. The number of para-hydroxylation sites is 1. The fraction of sp³-hybridized carbons (Fsp3) is 0.0667. The number of sulfone groups is 1. The third kappa shape index (κ3) is 3.33. The summed E-state index contributed by atoms with van der Waals surface area (Å²) in [4.78, 5) is 12.2. The smallest absolute Gasteiger partial charge is 0.256 e. The van der Waals surface area contributed by atoms with Gasteiger partial charge < -0.3 is 5.32 Å². The first-order valence-corrected chi connectivity index (χ1v) is 9.46. The van der Waals surface area contributed by atoms with Gasteiger partial charge in [0, 0.05) is 11.6 Å². The molecule has 0 spiro atoms. The first kappa shape index (κ1) is 15.4. The Balaban J connectivity index is 1.90. The molecule has 23 heavy (non-hydrogen) atoms. The lowest BCUT2D eigenvalue weighted by molar-refractivity contribution is 0.102. The molecule has 0 aliphatic carbocycles. The van der Waals surface area contributed by atoms with Crippen LogP contribution in [0, 0.1) is 0 Å². The highest BCUT2D eigenvalue weighted by Gasteiger charge is 2.15. The van der Waals surface area contributed by atoms with Gasteiger partial charge in [0.05, 0.1) is 34.2 Å². The Morgan fingerprint density at radius 1 is 1.26 bits per heavy atom. The minimum atomic E-state index is -3.38. The fourth-order valence-corrected chi connectivity index (χ4v) is 3.58. The van der Waals surface area contributed by atoms with Gasteiger partial charge in [0.1, 0.15) is 0 Å². The number of rotatable bonds is 4. The van der Waals surface area contributed by atoms with Crippen LogP contribution in [0.15, 0.2) is 58.4 Å². The number of thiophene rings is 1. The topological polar surface area (TPSA) is 81.1 Å². The number of nitrogens with one attached hydrogen (secondary N) is 1. The van der Waals surface area contributed by atoms with Crippen LogP contribution in [0.3, 0.4) is 0 Å². The first-order chi connectivity index (χ1) is 10.9. The van der Waals surface area contributed by atoms with Crippen molar-refractivity contribution in [1.29, 1.82) is 0 Å². The van der Waals surface area contributed by atoms with Crippen LogP contribution in [0.1, 0.15) is 10.4 Å². The van der Waals surface area contributed by atoms with Crippen molar-refractivity contribution in [3.63, 3.8) is 0 Å². The number of hydrogen-bond acceptors (Lipinski definition) is 5. The summed E-state index contributed by atoms with van der Waals surface area (Å²) in [6.07, 6.45) is 4.20. The number of carbonyl (C=O) groups excluding carboxylic acids is 1. The van der Waals surface area contributed by atoms with E-state index in [1.165, 1.54) is 28.3 Å². The fourth-order valence-electron chi connectivity index (χ4n) is 2.08. The Kier molecular flexibility index (Phi) is 4.01. The van der Waals surface area contributed by atoms with Gasteiger partial charge in [0.25, 0.3) is 5.91 Å². The molecule has 1 N–H and O–H groups in total. The Labute approximate surface area is 137 Å². The summed E-state index contributed by atoms with van der Waals surface area (Å²) in [5, 5.41) is 10.4. The van der Waals surface area contributed by atoms with Crippen molar-refractivity contribution in [1.82, 2.24) is 9.78 Å². The van der Waals surface area contributed by atoms with Gasteiger partial charge in [0.15, 0.2) is 9.84 Å². The molecule has 1 amide bonds. The van der Waals surface area contributed by atoms with Crippen molar-refractivity contribution < 1.29 is 13.2 Å². The summed E-state index contributed by atoms with van der Waals surface area (Å²) in [6.45, 7) is 0. The highest BCUT2D eigenvalue weighted by atomic mass is 32.2. The van der Waals surface area contributed by atoms with Gasteiger partial charge >= 0.3 is 0 Å². The van der Waals surface area contributed by atoms with Crippen LogP contribution in [0.25, 0.3) is 5.69 Å². The van der Waals surface area contributed by atoms with Crippen molar-refractivity contribution in [2.75, 3.05) is 11.6 Å². The van der Waals surface area contributed by atoms with E-state index in [0.717, 1.165) is 6.26 Å². The molecule has 0 radical (unpaired) electrons. The maximum atomic E-state index is 12.0. The molecule has 2 aromatic heterocycles. The van der Waals surface area contributed by atoms with E-state index >= 15 is 0 Å². The molecule has 2 heterocycles. The van der Waals surface area contributed by atoms with E-state index in [9.17, 15) is 13.2 Å². The van der Waals surface area contributed by atoms with Gasteiger partial charge in [-0.15, -0.1) is 0 Å². The Morgan fingerprint density at radius 3 is 2.74 bits per heavy atom. The second-order valence-electron chi connectivity index (χ2n) is 4.88. The lowest BCUT2D eigenvalue weighted by Gasteiger charge is -2.07. The van der Waals surface area contributed by atoms with Crippen LogP contribution in [0.5, 0.6) is 0 Å². The maximum Gasteiger partial charge on any atom is 0.256 e. The molecule has 3 rings (SSSR count). The molecule has 0 aliphatic rings. The van der Waals surface area contributed by atoms with Crippen molar-refractivity contribution >= 4 is 32.8 Å². The standard InChI is InChI=1S/C15H13N3O3S2/c1-23(20,21)14-5-3-2-4-13(14)18-9-12(8-16-18)17-15(19)11-6-7-22-10-11/h2-10H,1H3,(H,17,19). The van der Waals surface area contributed by atoms with E-state index in [4.69, 9.17) is 0 Å². The van der Waals surface area contributed by atoms with E-state index in [1.807, 2.05) is 5.38 Å². The van der Waals surface area contributed by atoms with Crippen molar-refractivity contribution in [2.45, 2.75) is 4.90 Å². The summed E-state index contributed by atoms with van der Waals surface area (Å²) in [5.74, 6) is -0.234. The largest absolute Gasteiger partial charge is 0.319 e. The molecule has 8 heteroatoms. The monoisotopic (exact) mass is 347 g/mol. The summed E-state index contributed by atoms with van der Waals surface area (Å²) >= 11 is 1.44. The predicted octanol–water partition coefficient (Wildman–Crippen LogP) is 2.59. The average molecular weight is 347 g/mol. The van der Waals surface area contributed by atoms with Crippen LogP contribution >= 0.6 is 11.3 Å². The Hall–Kier alpha value is -2.45. The molecule has 0 atom stereocenters. The van der Waals surface area contributed by atoms with E-state index < -0.39 is 9.84 Å². The van der Waals surface area contributed by atoms with Gasteiger partial charge in [-0.2, -0.15) is 16.4 Å². The SMILES string of the molecule is CS(=O)(=O)c1ccccc1-n1cc(NC(=O)c2ccsc2)cn1. The molecule has 0 saturated carbocycles. The lowest BCUT2D eigenvalue weighted by atomic mass is 10.3. The Morgan fingerprint density at radius 2 is 2.04 bits per heavy atom. The third-order valence-electron chi connectivity index (χ3n) is 3.14. The number of benzene rings is 1. The average Bonchev–Trinajstić information content (AvgIpc) is 3.18. The molecule has 3 aromatic rings. The minimum absolute atomic E-state index is 0.179. The molecule has 1 aromatic carbocycles. The van der Waals surface area contributed by atoms with Gasteiger partial charge in [0.2, 0.25) is 0 Å². The van der Waals surface area contributed by atoms with E-state index in [0.29, 0.717) is 16.9 Å². The van der Waals surface area contributed by atoms with Gasteiger partial charge in [-0.05, 0) is 23.6 Å². The highest BCUT2D eigenvalue weighted by molar-refractivity contribution is 7.90. The summed E-state index contributed by atoms with van der Waals surface area (Å²) in [6, 6.07) is 8.30. The molecule has 0 bridgehead atoms. The van der Waals surface area contributed by atoms with Crippen LogP contribution in [0.4, 0.5) is 5.69 Å². The first-order valence-electron chi connectivity index (χ1n) is 6.63. The Bertz CT molecular complexity index is 944. The second-order valence-corrected chi connectivity index (χ2v) is 7.64. The second kappa shape index (κ2) is 5.98. The van der Waals surface area contributed by atoms with Crippen LogP contribution in [-0.4, -0.2) is 30.4 Å². The third-order valence-corrected chi connectivity index (χ3v) is 4.96. The van der Waals surface area contributed by atoms with Crippen LogP contribution in [-0.2, 0) is 9.84 Å². The zero-order valence-corrected chi connectivity index (χ0v) is 13.8. The molecule has 0 aliphatic heterocycles. The van der Waals surface area contributed by atoms with E-state index in [-0.39, 0.29) is 10.8 Å². The van der Waals surface area contributed by atoms with Gasteiger partial charge in [-0.25, -0.2) is 13.1 Å². The quantitative estimate of drug-likeness (QED) is 0.786. The number of amides is 1. The molecule has 118 valence electrons. The number of carbonyl (C=O) groups is 1. The van der Waals surface area contributed by atoms with Gasteiger partial charge in [-0.1, -0.05) is 12.1 Å². The highest BCUT2D eigenvalue weighted by Crippen LogP contribution is 2.21. The van der Waals surface area contributed by atoms with Crippen molar-refractivity contribution in [3.8, 4) is 5.69 Å². The zero-order chi connectivity index (χ0) is 16.4. The van der Waals surface area contributed by atoms with Gasteiger partial charge in [-0.3, -0.25) is 4.79 Å². The number of anilines is 1. The predicted molar refractivity (Wildman–Crippen MR) is 88.9 cm³/mol. The number of aromatic nitrogens is 2. The number of hydrogen-bond donors (Lipinski definition) is 1. The summed E-state index contributed by atoms with van der Waals surface area (Å²) in [5.41, 5.74) is 1.50. The molecular weight excluding hydrogens is 334 g/mol. The van der Waals surface area contributed by atoms with Crippen molar-refractivity contribution in [2.24, 2.45) is 0 Å². The minimum Gasteiger partial charge on any atom is -0.319 e. The normalized spacial score (nSPS) is 11.3. The molecule has 0 saturated heterocycles. The van der Waals surface area contributed by atoms with Crippen LogP contribution < -0.4 is 5.32 Å². The molecule has 6 nitrogen and oxygen atoms in total. The van der Waals surface area contributed by atoms with E-state index in [1.54, 1.807) is 35.8 Å². The van der Waals surface area contributed by atoms with Crippen molar-refractivity contribution in [3.05, 3.63) is 59.0 Å². The van der Waals surface area contributed by atoms with E-state index in [2.05, 4.69) is 10.4 Å². The molecular formula is C15H13N3O3S2. The number of nitrogens with zero attached hydrogens (tertiary/aromatic N) is 2. The molecule has 0 unspecified atom stereocenters. The summed E-state index contributed by atoms with van der Waals surface area (Å²) in [7, 11) is -3.38.